The molecule has 0 saturated carbocycles. The van der Waals surface area contributed by atoms with Gasteiger partial charge in [-0.25, -0.2) is 0 Å². The van der Waals surface area contributed by atoms with Gasteiger partial charge >= 0.3 is 0 Å². The van der Waals surface area contributed by atoms with Crippen molar-refractivity contribution in [2.24, 2.45) is 5.92 Å². The highest BCUT2D eigenvalue weighted by molar-refractivity contribution is 9.13. The molecule has 0 spiro atoms. The third kappa shape index (κ3) is 4.99. The molecule has 0 aromatic carbocycles. The fourth-order valence-electron chi connectivity index (χ4n) is 1.47. The third-order valence-electron chi connectivity index (χ3n) is 2.12. The van der Waals surface area contributed by atoms with Crippen molar-refractivity contribution in [1.29, 1.82) is 0 Å². The van der Waals surface area contributed by atoms with Gasteiger partial charge in [0.1, 0.15) is 5.76 Å². The molecule has 1 aromatic rings. The van der Waals surface area contributed by atoms with Crippen LogP contribution in [0.15, 0.2) is 19.6 Å². The molecule has 3 nitrogen and oxygen atoms in total. The van der Waals surface area contributed by atoms with Crippen molar-refractivity contribution in [1.82, 2.24) is 5.32 Å². The van der Waals surface area contributed by atoms with E-state index < -0.39 is 0 Å². The van der Waals surface area contributed by atoms with E-state index in [2.05, 4.69) is 51.0 Å². The van der Waals surface area contributed by atoms with Crippen LogP contribution in [0, 0.1) is 5.92 Å². The average Bonchev–Trinajstić information content (AvgIpc) is 2.44. The van der Waals surface area contributed by atoms with Gasteiger partial charge in [-0.3, -0.25) is 0 Å². The normalized spacial score (nSPS) is 13.4. The first-order valence-electron chi connectivity index (χ1n) is 5.31. The number of hydrogen-bond acceptors (Lipinski definition) is 3. The molecule has 1 atom stereocenters. The Morgan fingerprint density at radius 1 is 1.44 bits per heavy atom. The third-order valence-corrected chi connectivity index (χ3v) is 3.83. The summed E-state index contributed by atoms with van der Waals surface area (Å²) in [4.78, 5) is 0. The zero-order valence-corrected chi connectivity index (χ0v) is 12.6. The minimum atomic E-state index is -0.290. The van der Waals surface area contributed by atoms with Gasteiger partial charge in [0.15, 0.2) is 4.67 Å². The first kappa shape index (κ1) is 14.2. The summed E-state index contributed by atoms with van der Waals surface area (Å²) in [6.45, 7) is 5.42. The van der Waals surface area contributed by atoms with E-state index in [1.54, 1.807) is 0 Å². The first-order chi connectivity index (χ1) is 7.49. The number of halogens is 2. The van der Waals surface area contributed by atoms with Crippen molar-refractivity contribution in [2.75, 3.05) is 6.54 Å². The van der Waals surface area contributed by atoms with E-state index in [0.29, 0.717) is 23.7 Å². The Hall–Kier alpha value is 0.160. The lowest BCUT2D eigenvalue weighted by Crippen LogP contribution is -2.27. The number of aliphatic hydroxyl groups is 1. The van der Waals surface area contributed by atoms with Crippen molar-refractivity contribution in [2.45, 2.75) is 32.9 Å². The SMILES string of the molecule is CC(C)CC(O)CNCc1cc(Br)c(Br)o1. The van der Waals surface area contributed by atoms with E-state index in [-0.39, 0.29) is 6.10 Å². The zero-order valence-electron chi connectivity index (χ0n) is 9.46. The largest absolute Gasteiger partial charge is 0.452 e. The molecular weight excluding hydrogens is 338 g/mol. The molecular formula is C11H17Br2NO2. The number of furan rings is 1. The predicted octanol–water partition coefficient (Wildman–Crippen LogP) is 3.30. The van der Waals surface area contributed by atoms with Crippen LogP contribution >= 0.6 is 31.9 Å². The second kappa shape index (κ2) is 6.79. The molecule has 0 aliphatic carbocycles. The smallest absolute Gasteiger partial charge is 0.183 e. The average molecular weight is 355 g/mol. The molecule has 0 saturated heterocycles. The molecule has 0 bridgehead atoms. The maximum Gasteiger partial charge on any atom is 0.183 e. The predicted molar refractivity (Wildman–Crippen MR) is 71.3 cm³/mol. The van der Waals surface area contributed by atoms with Gasteiger partial charge in [-0.1, -0.05) is 13.8 Å². The molecule has 1 heterocycles. The zero-order chi connectivity index (χ0) is 12.1. The molecule has 1 aromatic heterocycles. The van der Waals surface area contributed by atoms with Gasteiger partial charge in [0.25, 0.3) is 0 Å². The van der Waals surface area contributed by atoms with E-state index in [4.69, 9.17) is 4.42 Å². The summed E-state index contributed by atoms with van der Waals surface area (Å²) in [5, 5.41) is 12.8. The lowest BCUT2D eigenvalue weighted by Gasteiger charge is -2.13. The van der Waals surface area contributed by atoms with Crippen molar-refractivity contribution in [3.63, 3.8) is 0 Å². The minimum absolute atomic E-state index is 0.290. The van der Waals surface area contributed by atoms with Gasteiger partial charge < -0.3 is 14.8 Å². The fraction of sp³-hybridized carbons (Fsp3) is 0.636. The Morgan fingerprint density at radius 3 is 2.62 bits per heavy atom. The molecule has 0 aliphatic rings. The summed E-state index contributed by atoms with van der Waals surface area (Å²) in [6, 6.07) is 1.91. The molecule has 2 N–H and O–H groups in total. The highest BCUT2D eigenvalue weighted by Crippen LogP contribution is 2.26. The number of aliphatic hydroxyl groups excluding tert-OH is 1. The van der Waals surface area contributed by atoms with Crippen LogP contribution in [0.3, 0.4) is 0 Å². The van der Waals surface area contributed by atoms with Crippen LogP contribution in [-0.2, 0) is 6.54 Å². The van der Waals surface area contributed by atoms with Crippen LogP contribution in [0.1, 0.15) is 26.0 Å². The topological polar surface area (TPSA) is 45.4 Å². The Labute approximate surface area is 113 Å². The van der Waals surface area contributed by atoms with Gasteiger partial charge in [0, 0.05) is 6.54 Å². The van der Waals surface area contributed by atoms with E-state index >= 15 is 0 Å². The van der Waals surface area contributed by atoms with Crippen LogP contribution in [-0.4, -0.2) is 17.8 Å². The lowest BCUT2D eigenvalue weighted by molar-refractivity contribution is 0.145. The Morgan fingerprint density at radius 2 is 2.12 bits per heavy atom. The second-order valence-corrected chi connectivity index (χ2v) is 5.82. The number of hydrogen-bond donors (Lipinski definition) is 2. The molecule has 0 aliphatic heterocycles. The van der Waals surface area contributed by atoms with Gasteiger partial charge in [-0.2, -0.15) is 0 Å². The Bertz CT molecular complexity index is 306. The van der Waals surface area contributed by atoms with Crippen molar-refractivity contribution >= 4 is 31.9 Å². The van der Waals surface area contributed by atoms with Crippen LogP contribution in [0.2, 0.25) is 0 Å². The van der Waals surface area contributed by atoms with Gasteiger partial charge in [0.2, 0.25) is 0 Å². The Kier molecular flexibility index (Phi) is 6.03. The van der Waals surface area contributed by atoms with Crippen LogP contribution in [0.4, 0.5) is 0 Å². The van der Waals surface area contributed by atoms with Crippen molar-refractivity contribution < 1.29 is 9.52 Å². The molecule has 0 fully saturated rings. The van der Waals surface area contributed by atoms with Crippen molar-refractivity contribution in [3.05, 3.63) is 21.0 Å². The molecule has 0 amide bonds. The highest BCUT2D eigenvalue weighted by Gasteiger charge is 2.08. The lowest BCUT2D eigenvalue weighted by atomic mass is 10.1. The monoisotopic (exact) mass is 353 g/mol. The number of nitrogens with one attached hydrogen (secondary N) is 1. The summed E-state index contributed by atoms with van der Waals surface area (Å²) >= 11 is 6.63. The summed E-state index contributed by atoms with van der Waals surface area (Å²) in [7, 11) is 0. The number of rotatable bonds is 6. The van der Waals surface area contributed by atoms with E-state index in [0.717, 1.165) is 16.7 Å². The van der Waals surface area contributed by atoms with Crippen molar-refractivity contribution in [3.8, 4) is 0 Å². The summed E-state index contributed by atoms with van der Waals surface area (Å²) in [5.74, 6) is 1.36. The summed E-state index contributed by atoms with van der Waals surface area (Å²) < 4.78 is 7.01. The van der Waals surface area contributed by atoms with E-state index in [1.807, 2.05) is 6.07 Å². The molecule has 16 heavy (non-hydrogen) atoms. The maximum atomic E-state index is 9.65. The second-order valence-electron chi connectivity index (χ2n) is 4.25. The van der Waals surface area contributed by atoms with Crippen LogP contribution in [0.25, 0.3) is 0 Å². The standard InChI is InChI=1S/C11H17Br2NO2/c1-7(2)3-8(15)5-14-6-9-4-10(12)11(13)16-9/h4,7-8,14-15H,3,5-6H2,1-2H3. The summed E-state index contributed by atoms with van der Waals surface area (Å²) in [5.41, 5.74) is 0. The highest BCUT2D eigenvalue weighted by atomic mass is 79.9. The van der Waals surface area contributed by atoms with Crippen LogP contribution < -0.4 is 5.32 Å². The Balaban J connectivity index is 2.25. The molecule has 1 rings (SSSR count). The molecule has 1 unspecified atom stereocenters. The fourth-order valence-corrected chi connectivity index (χ4v) is 2.13. The van der Waals surface area contributed by atoms with E-state index in [9.17, 15) is 5.11 Å². The summed E-state index contributed by atoms with van der Waals surface area (Å²) in [6.07, 6.45) is 0.528. The first-order valence-corrected chi connectivity index (χ1v) is 6.90. The maximum absolute atomic E-state index is 9.65. The van der Waals surface area contributed by atoms with Gasteiger partial charge in [-0.05, 0) is 50.3 Å². The quantitative estimate of drug-likeness (QED) is 0.823. The van der Waals surface area contributed by atoms with Crippen LogP contribution in [0.5, 0.6) is 0 Å². The molecule has 5 heteroatoms. The van der Waals surface area contributed by atoms with Gasteiger partial charge in [0.05, 0.1) is 17.1 Å². The minimum Gasteiger partial charge on any atom is -0.452 e. The van der Waals surface area contributed by atoms with Gasteiger partial charge in [-0.15, -0.1) is 0 Å². The molecule has 92 valence electrons. The molecule has 0 radical (unpaired) electrons. The van der Waals surface area contributed by atoms with E-state index in [1.165, 1.54) is 0 Å².